The number of carboxylic acid groups (broad SMARTS) is 1. The molecule has 2 aromatic carbocycles. The molecule has 0 aliphatic rings. The molecular weight excluding hydrogens is 347 g/mol. The smallest absolute Gasteiger partial charge is 0.311 e. The minimum Gasteiger partial charge on any atom is -0.481 e. The van der Waals surface area contributed by atoms with Crippen LogP contribution in [-0.2, 0) is 11.2 Å². The quantitative estimate of drug-likeness (QED) is 0.864. The molecule has 0 radical (unpaired) electrons. The van der Waals surface area contributed by atoms with Gasteiger partial charge in [0.1, 0.15) is 5.82 Å². The molecule has 20 heavy (non-hydrogen) atoms. The topological polar surface area (TPSA) is 37.3 Å². The second kappa shape index (κ2) is 6.37. The zero-order valence-corrected chi connectivity index (χ0v) is 12.7. The van der Waals surface area contributed by atoms with E-state index in [1.54, 1.807) is 30.3 Å². The van der Waals surface area contributed by atoms with Crippen LogP contribution in [0.1, 0.15) is 17.0 Å². The van der Waals surface area contributed by atoms with Gasteiger partial charge in [0.15, 0.2) is 0 Å². The van der Waals surface area contributed by atoms with Crippen molar-refractivity contribution in [1.82, 2.24) is 0 Å². The lowest BCUT2D eigenvalue weighted by molar-refractivity contribution is -0.138. The van der Waals surface area contributed by atoms with E-state index in [4.69, 9.17) is 11.6 Å². The molecule has 0 heterocycles. The van der Waals surface area contributed by atoms with E-state index in [2.05, 4.69) is 15.9 Å². The summed E-state index contributed by atoms with van der Waals surface area (Å²) in [4.78, 5) is 11.4. The summed E-state index contributed by atoms with van der Waals surface area (Å²) in [5.74, 6) is -2.26. The van der Waals surface area contributed by atoms with Crippen molar-refractivity contribution < 1.29 is 14.3 Å². The first-order valence-electron chi connectivity index (χ1n) is 5.89. The van der Waals surface area contributed by atoms with Crippen LogP contribution in [0.2, 0.25) is 5.02 Å². The summed E-state index contributed by atoms with van der Waals surface area (Å²) in [5.41, 5.74) is 0.972. The second-order valence-corrected chi connectivity index (χ2v) is 5.73. The lowest BCUT2D eigenvalue weighted by Crippen LogP contribution is -2.15. The van der Waals surface area contributed by atoms with Crippen molar-refractivity contribution in [3.8, 4) is 0 Å². The molecule has 1 unspecified atom stereocenters. The molecule has 0 aromatic heterocycles. The van der Waals surface area contributed by atoms with Crippen molar-refractivity contribution in [2.75, 3.05) is 0 Å². The highest BCUT2D eigenvalue weighted by atomic mass is 79.9. The minimum atomic E-state index is -0.985. The number of rotatable bonds is 4. The Labute approximate surface area is 129 Å². The minimum absolute atomic E-state index is 0.0833. The average Bonchev–Trinajstić information content (AvgIpc) is 2.39. The first-order chi connectivity index (χ1) is 9.47. The predicted octanol–water partition coefficient (Wildman–Crippen LogP) is 4.65. The Kier molecular flexibility index (Phi) is 4.78. The van der Waals surface area contributed by atoms with Gasteiger partial charge in [0.2, 0.25) is 0 Å². The van der Waals surface area contributed by atoms with Crippen molar-refractivity contribution in [3.63, 3.8) is 0 Å². The predicted molar refractivity (Wildman–Crippen MR) is 79.6 cm³/mol. The van der Waals surface area contributed by atoms with E-state index in [0.717, 1.165) is 4.47 Å². The van der Waals surface area contributed by atoms with Gasteiger partial charge in [-0.15, -0.1) is 0 Å². The Bertz CT molecular complexity index is 628. The van der Waals surface area contributed by atoms with E-state index >= 15 is 0 Å². The maximum absolute atomic E-state index is 13.8. The normalized spacial score (nSPS) is 12.2. The zero-order chi connectivity index (χ0) is 14.7. The molecule has 0 saturated heterocycles. The number of aliphatic carboxylic acids is 1. The van der Waals surface area contributed by atoms with Crippen LogP contribution >= 0.6 is 27.5 Å². The Hall–Kier alpha value is -1.39. The molecule has 0 amide bonds. The Morgan fingerprint density at radius 1 is 1.25 bits per heavy atom. The second-order valence-electron chi connectivity index (χ2n) is 4.38. The summed E-state index contributed by atoms with van der Waals surface area (Å²) in [6.07, 6.45) is 0.0833. The third-order valence-electron chi connectivity index (χ3n) is 3.01. The Morgan fingerprint density at radius 3 is 2.45 bits per heavy atom. The molecular formula is C15H11BrClFO2. The van der Waals surface area contributed by atoms with Crippen molar-refractivity contribution in [1.29, 1.82) is 0 Å². The number of halogens is 3. The van der Waals surface area contributed by atoms with Crippen molar-refractivity contribution in [3.05, 3.63) is 68.9 Å². The highest BCUT2D eigenvalue weighted by Crippen LogP contribution is 2.25. The van der Waals surface area contributed by atoms with E-state index in [0.29, 0.717) is 16.1 Å². The van der Waals surface area contributed by atoms with Crippen LogP contribution < -0.4 is 0 Å². The van der Waals surface area contributed by atoms with Crippen LogP contribution in [-0.4, -0.2) is 11.1 Å². The van der Waals surface area contributed by atoms with E-state index < -0.39 is 17.7 Å². The van der Waals surface area contributed by atoms with Gasteiger partial charge >= 0.3 is 5.97 Å². The van der Waals surface area contributed by atoms with Crippen LogP contribution in [0.3, 0.4) is 0 Å². The van der Waals surface area contributed by atoms with Gasteiger partial charge in [0, 0.05) is 9.50 Å². The standard InChI is InChI=1S/C15H11BrClFO2/c16-11-4-1-9(2-5-11)13(15(19)20)7-10-3-6-12(17)8-14(10)18/h1-6,8,13H,7H2,(H,19,20). The van der Waals surface area contributed by atoms with Crippen LogP contribution in [0.4, 0.5) is 4.39 Å². The summed E-state index contributed by atoms with van der Waals surface area (Å²) >= 11 is 8.98. The largest absolute Gasteiger partial charge is 0.481 e. The molecule has 0 saturated carbocycles. The third kappa shape index (κ3) is 3.58. The SMILES string of the molecule is O=C(O)C(Cc1ccc(Cl)cc1F)c1ccc(Br)cc1. The fourth-order valence-corrected chi connectivity index (χ4v) is 2.37. The first-order valence-corrected chi connectivity index (χ1v) is 7.06. The number of carbonyl (C=O) groups is 1. The first kappa shape index (κ1) is 15.0. The molecule has 0 bridgehead atoms. The maximum atomic E-state index is 13.8. The summed E-state index contributed by atoms with van der Waals surface area (Å²) in [5, 5.41) is 9.64. The van der Waals surface area contributed by atoms with Gasteiger partial charge in [-0.05, 0) is 41.8 Å². The summed E-state index contributed by atoms with van der Waals surface area (Å²) in [6.45, 7) is 0. The molecule has 2 nitrogen and oxygen atoms in total. The molecule has 2 aromatic rings. The summed E-state index contributed by atoms with van der Waals surface area (Å²) in [7, 11) is 0. The van der Waals surface area contributed by atoms with Crippen molar-refractivity contribution in [2.24, 2.45) is 0 Å². The van der Waals surface area contributed by atoms with Crippen molar-refractivity contribution in [2.45, 2.75) is 12.3 Å². The van der Waals surface area contributed by atoms with Gasteiger partial charge in [-0.3, -0.25) is 4.79 Å². The molecule has 0 spiro atoms. The molecule has 0 aliphatic carbocycles. The number of hydrogen-bond donors (Lipinski definition) is 1. The number of benzene rings is 2. The van der Waals surface area contributed by atoms with E-state index in [1.165, 1.54) is 12.1 Å². The number of carboxylic acids is 1. The summed E-state index contributed by atoms with van der Waals surface area (Å²) in [6, 6.07) is 11.2. The Morgan fingerprint density at radius 2 is 1.90 bits per heavy atom. The Balaban J connectivity index is 2.30. The summed E-state index contributed by atoms with van der Waals surface area (Å²) < 4.78 is 14.6. The molecule has 0 fully saturated rings. The zero-order valence-electron chi connectivity index (χ0n) is 10.3. The van der Waals surface area contributed by atoms with E-state index in [1.807, 2.05) is 0 Å². The monoisotopic (exact) mass is 356 g/mol. The van der Waals surface area contributed by atoms with Gasteiger partial charge in [-0.2, -0.15) is 0 Å². The maximum Gasteiger partial charge on any atom is 0.311 e. The van der Waals surface area contributed by atoms with Crippen LogP contribution in [0.15, 0.2) is 46.9 Å². The lowest BCUT2D eigenvalue weighted by atomic mass is 9.92. The average molecular weight is 358 g/mol. The van der Waals surface area contributed by atoms with Gasteiger partial charge in [0.25, 0.3) is 0 Å². The van der Waals surface area contributed by atoms with Gasteiger partial charge < -0.3 is 5.11 Å². The van der Waals surface area contributed by atoms with Gasteiger partial charge in [0.05, 0.1) is 5.92 Å². The fourth-order valence-electron chi connectivity index (χ4n) is 1.95. The van der Waals surface area contributed by atoms with Crippen LogP contribution in [0.5, 0.6) is 0 Å². The molecule has 0 aliphatic heterocycles. The molecule has 5 heteroatoms. The molecule has 1 N–H and O–H groups in total. The highest BCUT2D eigenvalue weighted by Gasteiger charge is 2.21. The molecule has 1 atom stereocenters. The van der Waals surface area contributed by atoms with Gasteiger partial charge in [-0.25, -0.2) is 4.39 Å². The number of hydrogen-bond acceptors (Lipinski definition) is 1. The fraction of sp³-hybridized carbons (Fsp3) is 0.133. The van der Waals surface area contributed by atoms with Gasteiger partial charge in [-0.1, -0.05) is 45.7 Å². The lowest BCUT2D eigenvalue weighted by Gasteiger charge is -2.13. The van der Waals surface area contributed by atoms with E-state index in [-0.39, 0.29) is 6.42 Å². The van der Waals surface area contributed by atoms with Crippen molar-refractivity contribution >= 4 is 33.5 Å². The van der Waals surface area contributed by atoms with Crippen LogP contribution in [0, 0.1) is 5.82 Å². The van der Waals surface area contributed by atoms with E-state index in [9.17, 15) is 14.3 Å². The highest BCUT2D eigenvalue weighted by molar-refractivity contribution is 9.10. The molecule has 104 valence electrons. The third-order valence-corrected chi connectivity index (χ3v) is 3.77. The van der Waals surface area contributed by atoms with Crippen LogP contribution in [0.25, 0.3) is 0 Å². The molecule has 2 rings (SSSR count).